The molecule has 4 heterocycles. The second kappa shape index (κ2) is 10.1. The number of fused-ring (bicyclic) bond motifs is 1. The molecule has 2 fully saturated rings. The summed E-state index contributed by atoms with van der Waals surface area (Å²) in [7, 11) is 3.95. The van der Waals surface area contributed by atoms with Gasteiger partial charge in [0.15, 0.2) is 5.82 Å². The number of morpholine rings is 1. The largest absolute Gasteiger partial charge is 0.379 e. The number of carbonyl (C=O) groups excluding carboxylic acids is 2. The van der Waals surface area contributed by atoms with E-state index in [0.29, 0.717) is 19.5 Å². The molecular formula is C23H36N6O3. The second-order valence-electron chi connectivity index (χ2n) is 9.22. The number of nitrogens with zero attached hydrogens (tertiary/aromatic N) is 6. The van der Waals surface area contributed by atoms with Crippen molar-refractivity contribution >= 4 is 17.6 Å². The summed E-state index contributed by atoms with van der Waals surface area (Å²) in [6.07, 6.45) is 4.25. The molecule has 3 aliphatic rings. The quantitative estimate of drug-likeness (QED) is 0.675. The van der Waals surface area contributed by atoms with Crippen molar-refractivity contribution in [2.75, 3.05) is 64.9 Å². The molecule has 9 nitrogen and oxygen atoms in total. The highest BCUT2D eigenvalue weighted by atomic mass is 16.5. The minimum Gasteiger partial charge on any atom is -0.379 e. The van der Waals surface area contributed by atoms with Gasteiger partial charge < -0.3 is 19.4 Å². The number of rotatable bonds is 5. The zero-order valence-corrected chi connectivity index (χ0v) is 19.7. The molecule has 0 bridgehead atoms. The van der Waals surface area contributed by atoms with Gasteiger partial charge in [-0.05, 0) is 19.3 Å². The molecule has 0 saturated carbocycles. The van der Waals surface area contributed by atoms with Gasteiger partial charge >= 0.3 is 0 Å². The monoisotopic (exact) mass is 444 g/mol. The lowest BCUT2D eigenvalue weighted by molar-refractivity contribution is -0.136. The molecule has 9 heteroatoms. The van der Waals surface area contributed by atoms with Crippen LogP contribution in [0.2, 0.25) is 0 Å². The SMILES string of the molecule is CC(=O)N1CCc2nc([C@H]3CCCCN3C(=O)CCN3CCOCC3)nc(N(C)C)c2C1. The van der Waals surface area contributed by atoms with Crippen LogP contribution in [0.25, 0.3) is 0 Å². The summed E-state index contributed by atoms with van der Waals surface area (Å²) in [4.78, 5) is 43.2. The van der Waals surface area contributed by atoms with Crippen LogP contribution in [-0.4, -0.2) is 96.5 Å². The van der Waals surface area contributed by atoms with Gasteiger partial charge in [0.25, 0.3) is 0 Å². The van der Waals surface area contributed by atoms with Crippen molar-refractivity contribution in [3.05, 3.63) is 17.1 Å². The molecule has 1 aromatic heterocycles. The molecule has 0 spiro atoms. The van der Waals surface area contributed by atoms with Gasteiger partial charge in [0.1, 0.15) is 5.82 Å². The molecule has 2 amide bonds. The first kappa shape index (κ1) is 22.9. The number of anilines is 1. The van der Waals surface area contributed by atoms with Crippen LogP contribution in [0.15, 0.2) is 0 Å². The molecule has 1 aromatic rings. The average Bonchev–Trinajstić information content (AvgIpc) is 2.82. The van der Waals surface area contributed by atoms with Gasteiger partial charge in [0.2, 0.25) is 11.8 Å². The number of hydrogen-bond donors (Lipinski definition) is 0. The molecule has 32 heavy (non-hydrogen) atoms. The predicted molar refractivity (Wildman–Crippen MR) is 121 cm³/mol. The molecule has 1 atom stereocenters. The molecule has 3 aliphatic heterocycles. The Balaban J connectivity index is 1.54. The zero-order chi connectivity index (χ0) is 22.7. The summed E-state index contributed by atoms with van der Waals surface area (Å²) in [5.74, 6) is 1.89. The Bertz CT molecular complexity index is 839. The molecule has 4 rings (SSSR count). The summed E-state index contributed by atoms with van der Waals surface area (Å²) in [5, 5.41) is 0. The van der Waals surface area contributed by atoms with Gasteiger partial charge in [-0.2, -0.15) is 0 Å². The maximum Gasteiger partial charge on any atom is 0.224 e. The van der Waals surface area contributed by atoms with Crippen molar-refractivity contribution in [1.29, 1.82) is 0 Å². The summed E-state index contributed by atoms with van der Waals surface area (Å²) in [6.45, 7) is 7.67. The number of likely N-dealkylation sites (tertiary alicyclic amines) is 1. The molecule has 2 saturated heterocycles. The third-order valence-corrected chi connectivity index (χ3v) is 6.79. The Kier molecular flexibility index (Phi) is 7.25. The van der Waals surface area contributed by atoms with Crippen LogP contribution in [0.4, 0.5) is 5.82 Å². The Hall–Kier alpha value is -2.26. The Morgan fingerprint density at radius 1 is 1.09 bits per heavy atom. The number of ether oxygens (including phenoxy) is 1. The van der Waals surface area contributed by atoms with Crippen molar-refractivity contribution in [2.24, 2.45) is 0 Å². The van der Waals surface area contributed by atoms with Crippen LogP contribution in [-0.2, 0) is 27.3 Å². The first-order valence-corrected chi connectivity index (χ1v) is 11.9. The van der Waals surface area contributed by atoms with E-state index in [2.05, 4.69) is 4.90 Å². The van der Waals surface area contributed by atoms with Crippen LogP contribution in [0.3, 0.4) is 0 Å². The molecule has 0 unspecified atom stereocenters. The van der Waals surface area contributed by atoms with Crippen LogP contribution in [0.5, 0.6) is 0 Å². The smallest absolute Gasteiger partial charge is 0.224 e. The molecule has 0 N–H and O–H groups in total. The van der Waals surface area contributed by atoms with Crippen molar-refractivity contribution in [3.63, 3.8) is 0 Å². The Morgan fingerprint density at radius 2 is 1.88 bits per heavy atom. The fourth-order valence-corrected chi connectivity index (χ4v) is 4.92. The van der Waals surface area contributed by atoms with E-state index in [-0.39, 0.29) is 17.9 Å². The van der Waals surface area contributed by atoms with Gasteiger partial charge in [-0.1, -0.05) is 0 Å². The topological polar surface area (TPSA) is 82.1 Å². The summed E-state index contributed by atoms with van der Waals surface area (Å²) >= 11 is 0. The lowest BCUT2D eigenvalue weighted by atomic mass is 9.99. The second-order valence-corrected chi connectivity index (χ2v) is 9.22. The summed E-state index contributed by atoms with van der Waals surface area (Å²) < 4.78 is 5.41. The fourth-order valence-electron chi connectivity index (χ4n) is 4.92. The zero-order valence-electron chi connectivity index (χ0n) is 19.7. The van der Waals surface area contributed by atoms with E-state index in [4.69, 9.17) is 14.7 Å². The minimum atomic E-state index is -0.0734. The van der Waals surface area contributed by atoms with Gasteiger partial charge in [-0.3, -0.25) is 14.5 Å². The highest BCUT2D eigenvalue weighted by molar-refractivity contribution is 5.77. The standard InChI is InChI=1S/C23H36N6O3/c1-17(30)28-11-7-19-18(16-28)23(26(2)3)25-22(24-19)20-6-4-5-9-29(20)21(31)8-10-27-12-14-32-15-13-27/h20H,4-16H2,1-3H3/t20-/m1/s1. The van der Waals surface area contributed by atoms with E-state index < -0.39 is 0 Å². The Labute approximate surface area is 190 Å². The third-order valence-electron chi connectivity index (χ3n) is 6.79. The third kappa shape index (κ3) is 5.04. The van der Waals surface area contributed by atoms with E-state index >= 15 is 0 Å². The number of hydrogen-bond acceptors (Lipinski definition) is 7. The summed E-state index contributed by atoms with van der Waals surface area (Å²) in [5.41, 5.74) is 2.05. The Morgan fingerprint density at radius 3 is 2.59 bits per heavy atom. The van der Waals surface area contributed by atoms with E-state index in [1.54, 1.807) is 6.92 Å². The maximum atomic E-state index is 13.2. The molecule has 0 aliphatic carbocycles. The molecular weight excluding hydrogens is 408 g/mol. The first-order chi connectivity index (χ1) is 15.4. The number of piperidine rings is 1. The minimum absolute atomic E-state index is 0.0734. The number of carbonyl (C=O) groups is 2. The van der Waals surface area contributed by atoms with Crippen LogP contribution >= 0.6 is 0 Å². The highest BCUT2D eigenvalue weighted by Crippen LogP contribution is 2.33. The van der Waals surface area contributed by atoms with E-state index in [1.807, 2.05) is 28.8 Å². The maximum absolute atomic E-state index is 13.2. The van der Waals surface area contributed by atoms with Gasteiger partial charge in [0, 0.05) is 72.1 Å². The van der Waals surface area contributed by atoms with Crippen LogP contribution < -0.4 is 4.90 Å². The lowest BCUT2D eigenvalue weighted by Crippen LogP contribution is -2.43. The predicted octanol–water partition coefficient (Wildman–Crippen LogP) is 1.22. The normalized spacial score (nSPS) is 21.9. The summed E-state index contributed by atoms with van der Waals surface area (Å²) in [6, 6.07) is -0.0734. The van der Waals surface area contributed by atoms with Crippen LogP contribution in [0, 0.1) is 0 Å². The van der Waals surface area contributed by atoms with Crippen molar-refractivity contribution in [1.82, 2.24) is 24.7 Å². The van der Waals surface area contributed by atoms with Crippen LogP contribution in [0.1, 0.15) is 55.7 Å². The lowest BCUT2D eigenvalue weighted by Gasteiger charge is -2.37. The van der Waals surface area contributed by atoms with Crippen molar-refractivity contribution in [2.45, 2.75) is 51.6 Å². The van der Waals surface area contributed by atoms with Crippen molar-refractivity contribution in [3.8, 4) is 0 Å². The fraction of sp³-hybridized carbons (Fsp3) is 0.739. The van der Waals surface area contributed by atoms with E-state index in [1.165, 1.54) is 0 Å². The molecule has 0 aromatic carbocycles. The molecule has 0 radical (unpaired) electrons. The molecule has 176 valence electrons. The number of aromatic nitrogens is 2. The highest BCUT2D eigenvalue weighted by Gasteiger charge is 2.33. The van der Waals surface area contributed by atoms with Gasteiger partial charge in [-0.15, -0.1) is 0 Å². The average molecular weight is 445 g/mol. The first-order valence-electron chi connectivity index (χ1n) is 11.9. The van der Waals surface area contributed by atoms with Gasteiger partial charge in [0.05, 0.1) is 31.5 Å². The van der Waals surface area contributed by atoms with Crippen molar-refractivity contribution < 1.29 is 14.3 Å². The van der Waals surface area contributed by atoms with Gasteiger partial charge in [-0.25, -0.2) is 9.97 Å². The van der Waals surface area contributed by atoms with E-state index in [0.717, 1.165) is 88.0 Å². The van der Waals surface area contributed by atoms with E-state index in [9.17, 15) is 9.59 Å². The number of amides is 2.